The van der Waals surface area contributed by atoms with Gasteiger partial charge >= 0.3 is 0 Å². The Morgan fingerprint density at radius 2 is 1.74 bits per heavy atom. The van der Waals surface area contributed by atoms with E-state index in [9.17, 15) is 0 Å². The van der Waals surface area contributed by atoms with Crippen LogP contribution in [0.3, 0.4) is 0 Å². The molecule has 2 aromatic heterocycles. The normalized spacial score (nSPS) is 23.6. The average molecular weight is 358 g/mol. The number of para-hydroxylation sites is 1. The molecule has 3 saturated heterocycles. The Morgan fingerprint density at radius 1 is 0.815 bits per heavy atom. The van der Waals surface area contributed by atoms with Gasteiger partial charge < -0.3 is 0 Å². The van der Waals surface area contributed by atoms with E-state index in [0.717, 1.165) is 31.1 Å². The van der Waals surface area contributed by atoms with Crippen molar-refractivity contribution in [2.24, 2.45) is 5.92 Å². The summed E-state index contributed by atoms with van der Waals surface area (Å²) in [6.07, 6.45) is 6.53. The van der Waals surface area contributed by atoms with Crippen molar-refractivity contribution in [2.45, 2.75) is 32.0 Å². The molecule has 0 aliphatic carbocycles. The van der Waals surface area contributed by atoms with Crippen LogP contribution in [-0.2, 0) is 13.1 Å². The van der Waals surface area contributed by atoms with Crippen LogP contribution in [0.15, 0.2) is 60.9 Å². The fourth-order valence-electron chi connectivity index (χ4n) is 4.83. The van der Waals surface area contributed by atoms with Gasteiger partial charge in [-0.05, 0) is 48.6 Å². The summed E-state index contributed by atoms with van der Waals surface area (Å²) in [5, 5.41) is 1.30. The van der Waals surface area contributed by atoms with E-state index in [1.54, 1.807) is 0 Å². The van der Waals surface area contributed by atoms with E-state index < -0.39 is 0 Å². The molecule has 6 rings (SSSR count). The van der Waals surface area contributed by atoms with Crippen LogP contribution in [0.5, 0.6) is 0 Å². The zero-order valence-corrected chi connectivity index (χ0v) is 15.7. The number of piperidine rings is 1. The molecule has 4 nitrogen and oxygen atoms in total. The van der Waals surface area contributed by atoms with Gasteiger partial charge in [-0.2, -0.15) is 0 Å². The Hall–Kier alpha value is -2.30. The maximum atomic E-state index is 4.53. The van der Waals surface area contributed by atoms with Crippen molar-refractivity contribution in [3.63, 3.8) is 0 Å². The number of benzene rings is 1. The highest BCUT2D eigenvalue weighted by Crippen LogP contribution is 2.30. The van der Waals surface area contributed by atoms with Crippen molar-refractivity contribution in [1.82, 2.24) is 19.8 Å². The lowest BCUT2D eigenvalue weighted by Gasteiger charge is -2.36. The molecule has 27 heavy (non-hydrogen) atoms. The van der Waals surface area contributed by atoms with Gasteiger partial charge in [-0.15, -0.1) is 0 Å². The molecule has 138 valence electrons. The molecule has 0 spiro atoms. The molecule has 3 aliphatic rings. The molecule has 3 aliphatic heterocycles. The Morgan fingerprint density at radius 3 is 2.67 bits per heavy atom. The van der Waals surface area contributed by atoms with E-state index in [2.05, 4.69) is 62.2 Å². The molecule has 2 bridgehead atoms. The van der Waals surface area contributed by atoms with Crippen molar-refractivity contribution >= 4 is 10.9 Å². The summed E-state index contributed by atoms with van der Waals surface area (Å²) in [4.78, 5) is 14.4. The molecule has 2 atom stereocenters. The van der Waals surface area contributed by atoms with Crippen molar-refractivity contribution in [3.05, 3.63) is 72.2 Å². The van der Waals surface area contributed by atoms with Gasteiger partial charge in [-0.3, -0.25) is 19.8 Å². The van der Waals surface area contributed by atoms with Gasteiger partial charge in [0.15, 0.2) is 0 Å². The quantitative estimate of drug-likeness (QED) is 0.711. The Balaban J connectivity index is 1.34. The Bertz CT molecular complexity index is 905. The SMILES string of the molecule is c1ccc(CN2C[C@@H]3CC[C@H](C2)N(Cc2ccnc4ccccc24)C3)nc1. The highest BCUT2D eigenvalue weighted by atomic mass is 15.3. The maximum absolute atomic E-state index is 4.53. The third kappa shape index (κ3) is 3.60. The predicted molar refractivity (Wildman–Crippen MR) is 108 cm³/mol. The van der Waals surface area contributed by atoms with E-state index in [1.807, 2.05) is 18.5 Å². The van der Waals surface area contributed by atoms with Crippen molar-refractivity contribution in [1.29, 1.82) is 0 Å². The summed E-state index contributed by atoms with van der Waals surface area (Å²) in [6, 6.07) is 17.6. The highest BCUT2D eigenvalue weighted by molar-refractivity contribution is 5.81. The molecule has 3 aromatic rings. The second-order valence-corrected chi connectivity index (χ2v) is 8.03. The Kier molecular flexibility index (Phi) is 4.60. The van der Waals surface area contributed by atoms with Gasteiger partial charge in [-0.1, -0.05) is 24.3 Å². The van der Waals surface area contributed by atoms with Gasteiger partial charge in [0.05, 0.1) is 11.2 Å². The van der Waals surface area contributed by atoms with Gasteiger partial charge in [0, 0.05) is 56.5 Å². The second kappa shape index (κ2) is 7.37. The molecule has 0 N–H and O–H groups in total. The van der Waals surface area contributed by atoms with Crippen LogP contribution in [-0.4, -0.2) is 45.4 Å². The first-order valence-corrected chi connectivity index (χ1v) is 10.0. The van der Waals surface area contributed by atoms with Crippen LogP contribution in [0.4, 0.5) is 0 Å². The second-order valence-electron chi connectivity index (χ2n) is 8.03. The van der Waals surface area contributed by atoms with Crippen molar-refractivity contribution in [3.8, 4) is 0 Å². The minimum Gasteiger partial charge on any atom is -0.296 e. The van der Waals surface area contributed by atoms with Crippen LogP contribution in [0.2, 0.25) is 0 Å². The van der Waals surface area contributed by atoms with Gasteiger partial charge in [-0.25, -0.2) is 0 Å². The predicted octanol–water partition coefficient (Wildman–Crippen LogP) is 3.73. The van der Waals surface area contributed by atoms with E-state index in [-0.39, 0.29) is 0 Å². The van der Waals surface area contributed by atoms with Crippen LogP contribution in [0.1, 0.15) is 24.1 Å². The molecular formula is C23H26N4. The first-order chi connectivity index (χ1) is 13.3. The summed E-state index contributed by atoms with van der Waals surface area (Å²) in [5.74, 6) is 0.764. The Labute approximate surface area is 160 Å². The van der Waals surface area contributed by atoms with Crippen molar-refractivity contribution in [2.75, 3.05) is 19.6 Å². The minimum absolute atomic E-state index is 0.638. The molecule has 0 amide bonds. The third-order valence-electron chi connectivity index (χ3n) is 6.13. The maximum Gasteiger partial charge on any atom is 0.0705 e. The summed E-state index contributed by atoms with van der Waals surface area (Å²) in [5.41, 5.74) is 3.70. The van der Waals surface area contributed by atoms with E-state index in [0.29, 0.717) is 6.04 Å². The lowest BCUT2D eigenvalue weighted by Crippen LogP contribution is -2.43. The van der Waals surface area contributed by atoms with Gasteiger partial charge in [0.2, 0.25) is 0 Å². The van der Waals surface area contributed by atoms with Crippen molar-refractivity contribution < 1.29 is 0 Å². The topological polar surface area (TPSA) is 32.3 Å². The third-order valence-corrected chi connectivity index (χ3v) is 6.13. The standard InChI is InChI=1S/C23H26N4/c1-2-7-23-22(6-1)19(10-12-25-23)15-27-14-18-8-9-21(27)17-26(13-18)16-20-5-3-4-11-24-20/h1-7,10-12,18,21H,8-9,13-17H2/t18-,21+/m0/s1. The monoisotopic (exact) mass is 358 g/mol. The van der Waals surface area contributed by atoms with Crippen LogP contribution in [0, 0.1) is 5.92 Å². The number of hydrogen-bond donors (Lipinski definition) is 0. The number of rotatable bonds is 4. The number of fused-ring (bicyclic) bond motifs is 5. The largest absolute Gasteiger partial charge is 0.296 e. The number of hydrogen-bond acceptors (Lipinski definition) is 4. The van der Waals surface area contributed by atoms with Crippen LogP contribution in [0.25, 0.3) is 10.9 Å². The molecule has 0 unspecified atom stereocenters. The lowest BCUT2D eigenvalue weighted by atomic mass is 9.94. The lowest BCUT2D eigenvalue weighted by molar-refractivity contribution is 0.123. The molecule has 4 heteroatoms. The zero-order chi connectivity index (χ0) is 18.1. The summed E-state index contributed by atoms with van der Waals surface area (Å²) in [6.45, 7) is 5.55. The number of nitrogens with zero attached hydrogens (tertiary/aromatic N) is 4. The van der Waals surface area contributed by atoms with E-state index in [4.69, 9.17) is 0 Å². The van der Waals surface area contributed by atoms with Gasteiger partial charge in [0.1, 0.15) is 0 Å². The molecular weight excluding hydrogens is 332 g/mol. The smallest absolute Gasteiger partial charge is 0.0705 e. The minimum atomic E-state index is 0.638. The first kappa shape index (κ1) is 16.8. The zero-order valence-electron chi connectivity index (χ0n) is 15.7. The molecule has 0 saturated carbocycles. The van der Waals surface area contributed by atoms with E-state index >= 15 is 0 Å². The molecule has 1 aromatic carbocycles. The fourth-order valence-corrected chi connectivity index (χ4v) is 4.83. The summed E-state index contributed by atoms with van der Waals surface area (Å²) in [7, 11) is 0. The van der Waals surface area contributed by atoms with Crippen LogP contribution >= 0.6 is 0 Å². The highest BCUT2D eigenvalue weighted by Gasteiger charge is 2.34. The van der Waals surface area contributed by atoms with Gasteiger partial charge in [0.25, 0.3) is 0 Å². The fraction of sp³-hybridized carbons (Fsp3) is 0.391. The van der Waals surface area contributed by atoms with Crippen LogP contribution < -0.4 is 0 Å². The molecule has 0 radical (unpaired) electrons. The number of pyridine rings is 2. The van der Waals surface area contributed by atoms with E-state index in [1.165, 1.54) is 42.6 Å². The molecule has 3 fully saturated rings. The average Bonchev–Trinajstić information content (AvgIpc) is 3.00. The molecule has 5 heterocycles. The first-order valence-electron chi connectivity index (χ1n) is 10.0. The summed E-state index contributed by atoms with van der Waals surface area (Å²) < 4.78 is 0. The summed E-state index contributed by atoms with van der Waals surface area (Å²) >= 11 is 0. The number of aromatic nitrogens is 2.